The van der Waals surface area contributed by atoms with E-state index in [0.717, 1.165) is 0 Å². The van der Waals surface area contributed by atoms with Crippen LogP contribution in [-0.2, 0) is 23.9 Å². The van der Waals surface area contributed by atoms with Gasteiger partial charge in [-0.15, -0.1) is 0 Å². The highest BCUT2D eigenvalue weighted by atomic mass is 16.5. The third kappa shape index (κ3) is 4.53. The van der Waals surface area contributed by atoms with Crippen molar-refractivity contribution < 1.29 is 38.4 Å². The summed E-state index contributed by atoms with van der Waals surface area (Å²) in [5, 5.41) is 11.0. The zero-order chi connectivity index (χ0) is 21.8. The van der Waals surface area contributed by atoms with E-state index in [-0.39, 0.29) is 19.6 Å². The number of aliphatic hydroxyl groups is 1. The molecular formula is C21H28O8. The lowest BCUT2D eigenvalue weighted by molar-refractivity contribution is -0.172. The minimum absolute atomic E-state index is 0.0851. The molecule has 1 aromatic rings. The second kappa shape index (κ2) is 9.26. The van der Waals surface area contributed by atoms with E-state index in [9.17, 15) is 19.5 Å². The number of rotatable bonds is 7. The molecule has 1 saturated carbocycles. The second-order valence-electron chi connectivity index (χ2n) is 7.10. The first kappa shape index (κ1) is 22.7. The molecule has 1 N–H and O–H groups in total. The Morgan fingerprint density at radius 1 is 1.07 bits per heavy atom. The smallest absolute Gasteiger partial charge is 0.317 e. The van der Waals surface area contributed by atoms with Gasteiger partial charge in [-0.2, -0.15) is 0 Å². The zero-order valence-electron chi connectivity index (χ0n) is 17.4. The highest BCUT2D eigenvalue weighted by molar-refractivity contribution is 6.02. The van der Waals surface area contributed by atoms with Gasteiger partial charge in [0.15, 0.2) is 17.3 Å². The standard InChI is InChI=1S/C21H28O8/c1-6-28-19(23)17-13(22)11-21(3,25)18(20(24)29-7-2)16(17)12-8-9-14(26-4)15(10-12)27-5/h8-10,16-18,25H,6-7,11H2,1-5H3/t16-,17-,18-,21+/m1/s1. The van der Waals surface area contributed by atoms with Gasteiger partial charge in [-0.25, -0.2) is 0 Å². The summed E-state index contributed by atoms with van der Waals surface area (Å²) >= 11 is 0. The van der Waals surface area contributed by atoms with Crippen LogP contribution in [0.5, 0.6) is 11.5 Å². The molecule has 0 radical (unpaired) electrons. The number of ketones is 1. The van der Waals surface area contributed by atoms with Crippen molar-refractivity contribution in [3.05, 3.63) is 23.8 Å². The van der Waals surface area contributed by atoms with E-state index < -0.39 is 41.1 Å². The number of carbonyl (C=O) groups is 3. The van der Waals surface area contributed by atoms with Gasteiger partial charge in [0.05, 0.1) is 39.0 Å². The van der Waals surface area contributed by atoms with E-state index in [1.165, 1.54) is 21.1 Å². The van der Waals surface area contributed by atoms with E-state index in [0.29, 0.717) is 17.1 Å². The number of methoxy groups -OCH3 is 2. The molecule has 160 valence electrons. The van der Waals surface area contributed by atoms with Crippen LogP contribution in [0.3, 0.4) is 0 Å². The molecule has 0 saturated heterocycles. The molecule has 0 heterocycles. The summed E-state index contributed by atoms with van der Waals surface area (Å²) in [6, 6.07) is 4.85. The summed E-state index contributed by atoms with van der Waals surface area (Å²) < 4.78 is 20.9. The number of benzene rings is 1. The molecule has 8 heteroatoms. The highest BCUT2D eigenvalue weighted by Gasteiger charge is 2.57. The molecule has 0 unspecified atom stereocenters. The molecule has 1 aromatic carbocycles. The van der Waals surface area contributed by atoms with Crippen molar-refractivity contribution >= 4 is 17.7 Å². The minimum Gasteiger partial charge on any atom is -0.493 e. The average Bonchev–Trinajstić information content (AvgIpc) is 2.66. The Morgan fingerprint density at radius 2 is 1.66 bits per heavy atom. The van der Waals surface area contributed by atoms with Gasteiger partial charge in [-0.3, -0.25) is 14.4 Å². The molecule has 4 atom stereocenters. The number of hydrogen-bond acceptors (Lipinski definition) is 8. The molecule has 0 aliphatic heterocycles. The van der Waals surface area contributed by atoms with Crippen LogP contribution >= 0.6 is 0 Å². The van der Waals surface area contributed by atoms with Crippen molar-refractivity contribution in [2.24, 2.45) is 11.8 Å². The maximum atomic E-state index is 12.8. The molecule has 1 aliphatic carbocycles. The van der Waals surface area contributed by atoms with Gasteiger partial charge in [-0.1, -0.05) is 6.07 Å². The van der Waals surface area contributed by atoms with Crippen molar-refractivity contribution in [2.45, 2.75) is 38.7 Å². The zero-order valence-corrected chi connectivity index (χ0v) is 17.4. The molecular weight excluding hydrogens is 380 g/mol. The van der Waals surface area contributed by atoms with Crippen LogP contribution in [0.15, 0.2) is 18.2 Å². The predicted octanol–water partition coefficient (Wildman–Crippen LogP) is 1.87. The van der Waals surface area contributed by atoms with Crippen LogP contribution in [0.1, 0.15) is 38.7 Å². The number of hydrogen-bond donors (Lipinski definition) is 1. The van der Waals surface area contributed by atoms with Crippen LogP contribution in [-0.4, -0.2) is 55.9 Å². The van der Waals surface area contributed by atoms with Crippen molar-refractivity contribution in [1.82, 2.24) is 0 Å². The lowest BCUT2D eigenvalue weighted by Crippen LogP contribution is -2.55. The molecule has 0 amide bonds. The maximum Gasteiger partial charge on any atom is 0.317 e. The summed E-state index contributed by atoms with van der Waals surface area (Å²) in [4.78, 5) is 38.3. The first-order valence-electron chi connectivity index (χ1n) is 9.52. The fourth-order valence-corrected chi connectivity index (χ4v) is 3.94. The van der Waals surface area contributed by atoms with Gasteiger partial charge in [0.2, 0.25) is 0 Å². The lowest BCUT2D eigenvalue weighted by Gasteiger charge is -2.43. The van der Waals surface area contributed by atoms with Gasteiger partial charge in [-0.05, 0) is 38.5 Å². The molecule has 0 aromatic heterocycles. The summed E-state index contributed by atoms with van der Waals surface area (Å²) in [7, 11) is 2.94. The number of carbonyl (C=O) groups excluding carboxylic acids is 3. The Balaban J connectivity index is 2.67. The highest BCUT2D eigenvalue weighted by Crippen LogP contribution is 2.48. The molecule has 8 nitrogen and oxygen atoms in total. The fourth-order valence-electron chi connectivity index (χ4n) is 3.94. The topological polar surface area (TPSA) is 108 Å². The van der Waals surface area contributed by atoms with Crippen molar-refractivity contribution in [2.75, 3.05) is 27.4 Å². The first-order chi connectivity index (χ1) is 13.7. The first-order valence-corrected chi connectivity index (χ1v) is 9.52. The van der Waals surface area contributed by atoms with E-state index >= 15 is 0 Å². The minimum atomic E-state index is -1.69. The van der Waals surface area contributed by atoms with Gasteiger partial charge in [0, 0.05) is 12.3 Å². The molecule has 29 heavy (non-hydrogen) atoms. The Kier molecular flexibility index (Phi) is 7.24. The summed E-state index contributed by atoms with van der Waals surface area (Å²) in [5.41, 5.74) is -1.23. The Morgan fingerprint density at radius 3 is 2.21 bits per heavy atom. The SMILES string of the molecule is CCOC(=O)[C@@H]1C(=O)C[C@](C)(O)[C@@H](C(=O)OCC)[C@@H]1c1ccc(OC)c(OC)c1. The van der Waals surface area contributed by atoms with Crippen LogP contribution in [0.25, 0.3) is 0 Å². The summed E-state index contributed by atoms with van der Waals surface area (Å²) in [6.07, 6.45) is -0.357. The van der Waals surface area contributed by atoms with Gasteiger partial charge in [0.1, 0.15) is 5.92 Å². The third-order valence-corrected chi connectivity index (χ3v) is 5.14. The maximum absolute atomic E-state index is 12.8. The van der Waals surface area contributed by atoms with Crippen LogP contribution in [0, 0.1) is 11.8 Å². The number of ether oxygens (including phenoxy) is 4. The Labute approximate surface area is 170 Å². The van der Waals surface area contributed by atoms with Crippen molar-refractivity contribution in [3.63, 3.8) is 0 Å². The largest absolute Gasteiger partial charge is 0.493 e. The molecule has 1 aliphatic rings. The van der Waals surface area contributed by atoms with Gasteiger partial charge >= 0.3 is 11.9 Å². The fraction of sp³-hybridized carbons (Fsp3) is 0.571. The summed E-state index contributed by atoms with van der Waals surface area (Å²) in [6.45, 7) is 4.87. The Hall–Kier alpha value is -2.61. The normalized spacial score (nSPS) is 26.6. The monoisotopic (exact) mass is 408 g/mol. The van der Waals surface area contributed by atoms with E-state index in [1.54, 1.807) is 32.0 Å². The summed E-state index contributed by atoms with van der Waals surface area (Å²) in [5.74, 6) is -4.46. The number of Topliss-reactive ketones (excluding diaryl/α,β-unsaturated/α-hetero) is 1. The molecule has 0 spiro atoms. The van der Waals surface area contributed by atoms with E-state index in [1.807, 2.05) is 0 Å². The molecule has 1 fully saturated rings. The Bertz CT molecular complexity index is 770. The lowest BCUT2D eigenvalue weighted by atomic mass is 9.61. The van der Waals surface area contributed by atoms with Gasteiger partial charge < -0.3 is 24.1 Å². The predicted molar refractivity (Wildman–Crippen MR) is 103 cm³/mol. The molecule has 2 rings (SSSR count). The number of esters is 2. The third-order valence-electron chi connectivity index (χ3n) is 5.14. The van der Waals surface area contributed by atoms with E-state index in [4.69, 9.17) is 18.9 Å². The van der Waals surface area contributed by atoms with E-state index in [2.05, 4.69) is 0 Å². The van der Waals surface area contributed by atoms with Crippen molar-refractivity contribution in [3.8, 4) is 11.5 Å². The molecule has 0 bridgehead atoms. The van der Waals surface area contributed by atoms with Gasteiger partial charge in [0.25, 0.3) is 0 Å². The average molecular weight is 408 g/mol. The van der Waals surface area contributed by atoms with Crippen LogP contribution < -0.4 is 9.47 Å². The quantitative estimate of drug-likeness (QED) is 0.538. The van der Waals surface area contributed by atoms with Crippen LogP contribution in [0.4, 0.5) is 0 Å². The van der Waals surface area contributed by atoms with Crippen LogP contribution in [0.2, 0.25) is 0 Å². The van der Waals surface area contributed by atoms with Crippen molar-refractivity contribution in [1.29, 1.82) is 0 Å². The second-order valence-corrected chi connectivity index (χ2v) is 7.10.